The zero-order chi connectivity index (χ0) is 16.8. The van der Waals surface area contributed by atoms with Crippen LogP contribution in [0.25, 0.3) is 6.08 Å². The summed E-state index contributed by atoms with van der Waals surface area (Å²) in [6, 6.07) is 10.6. The van der Waals surface area contributed by atoms with Gasteiger partial charge in [-0.2, -0.15) is 5.26 Å². The van der Waals surface area contributed by atoms with Crippen LogP contribution in [0.2, 0.25) is 0 Å². The SMILES string of the molecule is COc1ccc(NC(=O)/C(C#N)=C/c2ccc(Br)s2)cc1OC. The van der Waals surface area contributed by atoms with E-state index in [1.807, 2.05) is 18.2 Å². The number of carbonyl (C=O) groups is 1. The molecule has 118 valence electrons. The standard InChI is InChI=1S/C16H13BrN2O3S/c1-21-13-5-3-11(8-14(13)22-2)19-16(20)10(9-18)7-12-4-6-15(17)23-12/h3-8H,1-2H3,(H,19,20)/b10-7+. The highest BCUT2D eigenvalue weighted by Gasteiger charge is 2.12. The number of anilines is 1. The lowest BCUT2D eigenvalue weighted by Gasteiger charge is -2.10. The Bertz CT molecular complexity index is 793. The molecule has 0 bridgehead atoms. The van der Waals surface area contributed by atoms with Gasteiger partial charge in [-0.05, 0) is 46.3 Å². The molecule has 0 saturated heterocycles. The molecule has 2 rings (SSSR count). The predicted molar refractivity (Wildman–Crippen MR) is 93.8 cm³/mol. The molecule has 0 aliphatic heterocycles. The third-order valence-corrected chi connectivity index (χ3v) is 4.46. The van der Waals surface area contributed by atoms with Crippen molar-refractivity contribution in [3.63, 3.8) is 0 Å². The fraction of sp³-hybridized carbons (Fsp3) is 0.125. The van der Waals surface area contributed by atoms with Gasteiger partial charge in [0.25, 0.3) is 5.91 Å². The van der Waals surface area contributed by atoms with Gasteiger partial charge in [-0.3, -0.25) is 4.79 Å². The Morgan fingerprint density at radius 2 is 2.00 bits per heavy atom. The molecule has 0 aliphatic carbocycles. The zero-order valence-electron chi connectivity index (χ0n) is 12.4. The molecule has 1 aromatic heterocycles. The number of nitriles is 1. The molecule has 1 aromatic carbocycles. The van der Waals surface area contributed by atoms with Crippen LogP contribution < -0.4 is 14.8 Å². The van der Waals surface area contributed by atoms with E-state index in [9.17, 15) is 10.1 Å². The highest BCUT2D eigenvalue weighted by molar-refractivity contribution is 9.11. The van der Waals surface area contributed by atoms with Crippen LogP contribution in [0.5, 0.6) is 11.5 Å². The average Bonchev–Trinajstić information content (AvgIpc) is 2.97. The summed E-state index contributed by atoms with van der Waals surface area (Å²) in [5, 5.41) is 11.9. The summed E-state index contributed by atoms with van der Waals surface area (Å²) in [5.74, 6) is 0.573. The minimum absolute atomic E-state index is 0.0223. The quantitative estimate of drug-likeness (QED) is 0.614. The number of hydrogen-bond acceptors (Lipinski definition) is 5. The van der Waals surface area contributed by atoms with Crippen LogP contribution in [0, 0.1) is 11.3 Å². The Hall–Kier alpha value is -2.30. The van der Waals surface area contributed by atoms with Crippen molar-refractivity contribution in [3.8, 4) is 17.6 Å². The predicted octanol–water partition coefficient (Wildman–Crippen LogP) is 4.07. The second-order valence-electron chi connectivity index (χ2n) is 4.34. The summed E-state index contributed by atoms with van der Waals surface area (Å²) in [7, 11) is 3.05. The summed E-state index contributed by atoms with van der Waals surface area (Å²) < 4.78 is 11.3. The van der Waals surface area contributed by atoms with Crippen LogP contribution in [0.3, 0.4) is 0 Å². The van der Waals surface area contributed by atoms with E-state index in [0.717, 1.165) is 8.66 Å². The maximum Gasteiger partial charge on any atom is 0.266 e. The number of nitrogens with zero attached hydrogens (tertiary/aromatic N) is 1. The molecular weight excluding hydrogens is 380 g/mol. The van der Waals surface area contributed by atoms with E-state index >= 15 is 0 Å². The smallest absolute Gasteiger partial charge is 0.266 e. The van der Waals surface area contributed by atoms with Crippen molar-refractivity contribution >= 4 is 44.9 Å². The topological polar surface area (TPSA) is 71.3 Å². The molecule has 0 fully saturated rings. The summed E-state index contributed by atoms with van der Waals surface area (Å²) in [6.07, 6.45) is 1.55. The Kier molecular flexibility index (Phi) is 5.79. The van der Waals surface area contributed by atoms with Crippen LogP contribution in [-0.2, 0) is 4.79 Å². The number of thiophene rings is 1. The fourth-order valence-electron chi connectivity index (χ4n) is 1.81. The number of nitrogens with one attached hydrogen (secondary N) is 1. The van der Waals surface area contributed by atoms with Crippen LogP contribution >= 0.6 is 27.3 Å². The lowest BCUT2D eigenvalue weighted by molar-refractivity contribution is -0.112. The Labute approximate surface area is 146 Å². The van der Waals surface area contributed by atoms with Gasteiger partial charge in [0.15, 0.2) is 11.5 Å². The second kappa shape index (κ2) is 7.81. The molecule has 2 aromatic rings. The normalized spacial score (nSPS) is 10.8. The maximum absolute atomic E-state index is 12.2. The number of rotatable bonds is 5. The highest BCUT2D eigenvalue weighted by Crippen LogP contribution is 2.30. The van der Waals surface area contributed by atoms with Crippen LogP contribution in [0.15, 0.2) is 39.7 Å². The van der Waals surface area contributed by atoms with Crippen molar-refractivity contribution in [1.29, 1.82) is 5.26 Å². The second-order valence-corrected chi connectivity index (χ2v) is 6.83. The first kappa shape index (κ1) is 17.1. The van der Waals surface area contributed by atoms with Gasteiger partial charge in [0.2, 0.25) is 0 Å². The van der Waals surface area contributed by atoms with Gasteiger partial charge in [0.05, 0.1) is 18.0 Å². The highest BCUT2D eigenvalue weighted by atomic mass is 79.9. The first-order valence-corrected chi connectivity index (χ1v) is 8.09. The van der Waals surface area contributed by atoms with Crippen molar-refractivity contribution in [2.24, 2.45) is 0 Å². The number of methoxy groups -OCH3 is 2. The molecule has 0 unspecified atom stereocenters. The van der Waals surface area contributed by atoms with Crippen LogP contribution in [0.4, 0.5) is 5.69 Å². The monoisotopic (exact) mass is 392 g/mol. The van der Waals surface area contributed by atoms with Crippen molar-refractivity contribution in [1.82, 2.24) is 0 Å². The van der Waals surface area contributed by atoms with Gasteiger partial charge < -0.3 is 14.8 Å². The van der Waals surface area contributed by atoms with E-state index in [1.165, 1.54) is 25.6 Å². The molecular formula is C16H13BrN2O3S. The number of halogens is 1. The van der Waals surface area contributed by atoms with E-state index in [4.69, 9.17) is 9.47 Å². The molecule has 23 heavy (non-hydrogen) atoms. The lowest BCUT2D eigenvalue weighted by atomic mass is 10.2. The molecule has 0 saturated carbocycles. The molecule has 1 amide bonds. The van der Waals surface area contributed by atoms with E-state index in [-0.39, 0.29) is 5.57 Å². The molecule has 0 radical (unpaired) electrons. The van der Waals surface area contributed by atoms with Gasteiger partial charge >= 0.3 is 0 Å². The number of carbonyl (C=O) groups excluding carboxylic acids is 1. The molecule has 0 spiro atoms. The maximum atomic E-state index is 12.2. The summed E-state index contributed by atoms with van der Waals surface area (Å²) in [5.41, 5.74) is 0.537. The van der Waals surface area contributed by atoms with Gasteiger partial charge in [-0.1, -0.05) is 0 Å². The lowest BCUT2D eigenvalue weighted by Crippen LogP contribution is -2.13. The Balaban J connectivity index is 2.20. The first-order chi connectivity index (χ1) is 11.1. The van der Waals surface area contributed by atoms with Gasteiger partial charge in [0.1, 0.15) is 11.6 Å². The number of hydrogen-bond donors (Lipinski definition) is 1. The number of amides is 1. The minimum atomic E-state index is -0.482. The van der Waals surface area contributed by atoms with E-state index in [2.05, 4.69) is 21.2 Å². The Morgan fingerprint density at radius 1 is 1.26 bits per heavy atom. The number of benzene rings is 1. The van der Waals surface area contributed by atoms with Gasteiger partial charge in [-0.25, -0.2) is 0 Å². The van der Waals surface area contributed by atoms with E-state index < -0.39 is 5.91 Å². The molecule has 1 N–H and O–H groups in total. The van der Waals surface area contributed by atoms with E-state index in [1.54, 1.807) is 24.3 Å². The third kappa shape index (κ3) is 4.34. The molecule has 5 nitrogen and oxygen atoms in total. The zero-order valence-corrected chi connectivity index (χ0v) is 14.8. The molecule has 1 heterocycles. The van der Waals surface area contributed by atoms with Crippen LogP contribution in [-0.4, -0.2) is 20.1 Å². The van der Waals surface area contributed by atoms with Crippen LogP contribution in [0.1, 0.15) is 4.88 Å². The molecule has 0 atom stereocenters. The summed E-state index contributed by atoms with van der Waals surface area (Å²) in [4.78, 5) is 13.0. The third-order valence-electron chi connectivity index (χ3n) is 2.89. The molecule has 7 heteroatoms. The fourth-order valence-corrected chi connectivity index (χ4v) is 3.18. The summed E-state index contributed by atoms with van der Waals surface area (Å²) in [6.45, 7) is 0. The minimum Gasteiger partial charge on any atom is -0.493 e. The Morgan fingerprint density at radius 3 is 2.57 bits per heavy atom. The van der Waals surface area contributed by atoms with Gasteiger partial charge in [-0.15, -0.1) is 11.3 Å². The molecule has 0 aliphatic rings. The van der Waals surface area contributed by atoms with Crippen molar-refractivity contribution < 1.29 is 14.3 Å². The first-order valence-electron chi connectivity index (χ1n) is 6.48. The summed E-state index contributed by atoms with van der Waals surface area (Å²) >= 11 is 4.78. The average molecular weight is 393 g/mol. The van der Waals surface area contributed by atoms with Gasteiger partial charge in [0, 0.05) is 16.6 Å². The van der Waals surface area contributed by atoms with Crippen molar-refractivity contribution in [2.75, 3.05) is 19.5 Å². The number of ether oxygens (including phenoxy) is 2. The van der Waals surface area contributed by atoms with Crippen molar-refractivity contribution in [3.05, 3.63) is 44.6 Å². The van der Waals surface area contributed by atoms with Crippen molar-refractivity contribution in [2.45, 2.75) is 0 Å². The van der Waals surface area contributed by atoms with E-state index in [0.29, 0.717) is 17.2 Å². The largest absolute Gasteiger partial charge is 0.493 e.